The van der Waals surface area contributed by atoms with E-state index in [0.29, 0.717) is 0 Å². The first-order valence-electron chi connectivity index (χ1n) is 4.77. The summed E-state index contributed by atoms with van der Waals surface area (Å²) in [6.07, 6.45) is 0. The number of halogens is 2. The van der Waals surface area contributed by atoms with Crippen LogP contribution in [0.15, 0.2) is 60.7 Å². The van der Waals surface area contributed by atoms with Gasteiger partial charge in [-0.05, 0) is 0 Å². The van der Waals surface area contributed by atoms with Crippen LogP contribution in [0.2, 0.25) is 0 Å². The number of benzene rings is 2. The molecule has 16 heavy (non-hydrogen) atoms. The summed E-state index contributed by atoms with van der Waals surface area (Å²) in [5, 5.41) is 0. The molecule has 84 valence electrons. The normalized spacial score (nSPS) is 11.0. The Labute approximate surface area is 108 Å². The summed E-state index contributed by atoms with van der Waals surface area (Å²) in [6, 6.07) is 20.2. The maximum absolute atomic E-state index is 6.18. The standard InChI is InChI=1S/C13H10.2ClH.Ru/c1-3-7-12(8-4-1)11-13-9-5-2-6-10-13;;;/h1-10H;2*1H;/q;;;+2/p-2. The molecule has 0 spiro atoms. The SMILES string of the molecule is [Cl][Ru]([Cl])=[C](c1ccccc1)c1ccccc1. The number of hydrogen-bond acceptors (Lipinski definition) is 0. The Kier molecular flexibility index (Phi) is 4.29. The Morgan fingerprint density at radius 2 is 1.06 bits per heavy atom. The van der Waals surface area contributed by atoms with Crippen molar-refractivity contribution in [1.82, 2.24) is 0 Å². The van der Waals surface area contributed by atoms with Gasteiger partial charge in [0.15, 0.2) is 0 Å². The quantitative estimate of drug-likeness (QED) is 0.721. The summed E-state index contributed by atoms with van der Waals surface area (Å²) in [7, 11) is 12.4. The van der Waals surface area contributed by atoms with Crippen LogP contribution in [0, 0.1) is 0 Å². The molecule has 0 heterocycles. The van der Waals surface area contributed by atoms with Crippen molar-refractivity contribution in [3.63, 3.8) is 0 Å². The molecule has 2 aromatic rings. The Bertz CT molecular complexity index is 446. The summed E-state index contributed by atoms with van der Waals surface area (Å²) in [4.78, 5) is 0. The van der Waals surface area contributed by atoms with E-state index in [9.17, 15) is 0 Å². The molecule has 0 saturated carbocycles. The van der Waals surface area contributed by atoms with Crippen LogP contribution in [0.3, 0.4) is 0 Å². The average Bonchev–Trinajstić information content (AvgIpc) is 2.31. The van der Waals surface area contributed by atoms with Gasteiger partial charge in [0, 0.05) is 0 Å². The summed E-state index contributed by atoms with van der Waals surface area (Å²) >= 11 is -1.92. The second kappa shape index (κ2) is 5.73. The van der Waals surface area contributed by atoms with E-state index in [1.807, 2.05) is 60.7 Å². The van der Waals surface area contributed by atoms with E-state index >= 15 is 0 Å². The Balaban J connectivity index is 2.54. The van der Waals surface area contributed by atoms with E-state index < -0.39 is 13.5 Å². The van der Waals surface area contributed by atoms with Crippen LogP contribution >= 0.6 is 19.4 Å². The molecule has 0 aliphatic rings. The predicted octanol–water partition coefficient (Wildman–Crippen LogP) is 4.18. The molecule has 0 nitrogen and oxygen atoms in total. The third-order valence-electron chi connectivity index (χ3n) is 2.17. The van der Waals surface area contributed by atoms with E-state index in [-0.39, 0.29) is 0 Å². The van der Waals surface area contributed by atoms with Crippen LogP contribution in [0.1, 0.15) is 11.1 Å². The van der Waals surface area contributed by atoms with Gasteiger partial charge in [-0.2, -0.15) is 0 Å². The second-order valence-corrected chi connectivity index (χ2v) is 8.96. The zero-order valence-electron chi connectivity index (χ0n) is 8.38. The van der Waals surface area contributed by atoms with Gasteiger partial charge in [-0.1, -0.05) is 0 Å². The van der Waals surface area contributed by atoms with Crippen LogP contribution in [0.25, 0.3) is 0 Å². The van der Waals surface area contributed by atoms with E-state index in [0.717, 1.165) is 15.2 Å². The van der Waals surface area contributed by atoms with Crippen molar-refractivity contribution in [3.8, 4) is 0 Å². The van der Waals surface area contributed by atoms with E-state index in [4.69, 9.17) is 19.4 Å². The Hall–Kier alpha value is -0.487. The molecule has 0 radical (unpaired) electrons. The monoisotopic (exact) mass is 338 g/mol. The minimum atomic E-state index is -1.92. The number of hydrogen-bond donors (Lipinski definition) is 0. The zero-order valence-corrected chi connectivity index (χ0v) is 11.6. The van der Waals surface area contributed by atoms with Crippen molar-refractivity contribution in [1.29, 1.82) is 0 Å². The van der Waals surface area contributed by atoms with E-state index in [1.165, 1.54) is 0 Å². The molecule has 0 amide bonds. The number of rotatable bonds is 2. The van der Waals surface area contributed by atoms with Crippen LogP contribution in [0.4, 0.5) is 0 Å². The van der Waals surface area contributed by atoms with Crippen LogP contribution in [-0.2, 0) is 13.5 Å². The summed E-state index contributed by atoms with van der Waals surface area (Å²) < 4.78 is 1.09. The van der Waals surface area contributed by atoms with Gasteiger partial charge in [-0.15, -0.1) is 0 Å². The molecule has 0 fully saturated rings. The van der Waals surface area contributed by atoms with Gasteiger partial charge < -0.3 is 0 Å². The van der Waals surface area contributed by atoms with Crippen molar-refractivity contribution >= 4 is 23.5 Å². The molecule has 0 atom stereocenters. The fourth-order valence-electron chi connectivity index (χ4n) is 1.48. The van der Waals surface area contributed by atoms with E-state index in [1.54, 1.807) is 0 Å². The predicted molar refractivity (Wildman–Crippen MR) is 67.8 cm³/mol. The van der Waals surface area contributed by atoms with Crippen molar-refractivity contribution in [2.24, 2.45) is 0 Å². The molecular weight excluding hydrogens is 328 g/mol. The molecule has 0 N–H and O–H groups in total. The first-order chi connectivity index (χ1) is 7.79. The molecular formula is C13H10Cl2Ru. The van der Waals surface area contributed by atoms with Crippen LogP contribution in [0.5, 0.6) is 0 Å². The topological polar surface area (TPSA) is 0 Å². The van der Waals surface area contributed by atoms with Gasteiger partial charge in [0.05, 0.1) is 0 Å². The van der Waals surface area contributed by atoms with Crippen molar-refractivity contribution < 1.29 is 13.5 Å². The van der Waals surface area contributed by atoms with Gasteiger partial charge >= 0.3 is 109 Å². The van der Waals surface area contributed by atoms with Gasteiger partial charge in [-0.3, -0.25) is 0 Å². The summed E-state index contributed by atoms with van der Waals surface area (Å²) in [5.74, 6) is 0. The zero-order chi connectivity index (χ0) is 11.4. The summed E-state index contributed by atoms with van der Waals surface area (Å²) in [5.41, 5.74) is 2.25. The third kappa shape index (κ3) is 2.80. The van der Waals surface area contributed by atoms with Gasteiger partial charge in [0.1, 0.15) is 0 Å². The van der Waals surface area contributed by atoms with Crippen molar-refractivity contribution in [2.45, 2.75) is 0 Å². The fraction of sp³-hybridized carbons (Fsp3) is 0. The molecule has 2 aromatic carbocycles. The second-order valence-electron chi connectivity index (χ2n) is 3.22. The van der Waals surface area contributed by atoms with Gasteiger partial charge in [0.25, 0.3) is 0 Å². The van der Waals surface area contributed by atoms with Crippen LogP contribution < -0.4 is 0 Å². The van der Waals surface area contributed by atoms with Crippen molar-refractivity contribution in [2.75, 3.05) is 0 Å². The first kappa shape index (κ1) is 12.0. The third-order valence-corrected chi connectivity index (χ3v) is 5.42. The molecule has 0 saturated heterocycles. The van der Waals surface area contributed by atoms with Gasteiger partial charge in [0.2, 0.25) is 0 Å². The Morgan fingerprint density at radius 3 is 1.38 bits per heavy atom. The molecule has 0 aromatic heterocycles. The molecule has 2 rings (SSSR count). The van der Waals surface area contributed by atoms with E-state index in [2.05, 4.69) is 0 Å². The summed E-state index contributed by atoms with van der Waals surface area (Å²) in [6.45, 7) is 0. The first-order valence-corrected chi connectivity index (χ1v) is 10.1. The molecule has 3 heteroatoms. The molecule has 0 unspecified atom stereocenters. The van der Waals surface area contributed by atoms with Crippen LogP contribution in [-0.4, -0.2) is 4.11 Å². The minimum absolute atomic E-state index is 1.09. The van der Waals surface area contributed by atoms with Crippen molar-refractivity contribution in [3.05, 3.63) is 71.8 Å². The Morgan fingerprint density at radius 1 is 0.688 bits per heavy atom. The maximum atomic E-state index is 6.18. The fourth-order valence-corrected chi connectivity index (χ4v) is 4.65. The molecule has 0 bridgehead atoms. The molecule has 0 aliphatic heterocycles. The average molecular weight is 338 g/mol. The molecule has 0 aliphatic carbocycles. The van der Waals surface area contributed by atoms with Gasteiger partial charge in [-0.25, -0.2) is 0 Å².